The fourth-order valence-corrected chi connectivity index (χ4v) is 5.23. The minimum atomic E-state index is -3.83. The topological polar surface area (TPSA) is 119 Å². The van der Waals surface area contributed by atoms with E-state index in [1.54, 1.807) is 42.5 Å². The lowest BCUT2D eigenvalue weighted by atomic mass is 10.3. The van der Waals surface area contributed by atoms with E-state index >= 15 is 0 Å². The molecular formula is C23H24N2O6S2. The second-order valence-electron chi connectivity index (χ2n) is 7.02. The van der Waals surface area contributed by atoms with Crippen molar-refractivity contribution >= 4 is 37.1 Å². The summed E-state index contributed by atoms with van der Waals surface area (Å²) in [5, 5.41) is 2.58. The molecule has 3 rings (SSSR count). The molecule has 0 unspecified atom stereocenters. The lowest BCUT2D eigenvalue weighted by Gasteiger charge is -2.10. The van der Waals surface area contributed by atoms with Crippen molar-refractivity contribution in [2.75, 3.05) is 22.4 Å². The van der Waals surface area contributed by atoms with Crippen LogP contribution in [-0.4, -0.2) is 35.1 Å². The number of hydrogen-bond donors (Lipinski definition) is 2. The predicted molar refractivity (Wildman–Crippen MR) is 127 cm³/mol. The first kappa shape index (κ1) is 24.3. The van der Waals surface area contributed by atoms with Gasteiger partial charge in [0.05, 0.1) is 22.2 Å². The van der Waals surface area contributed by atoms with Gasteiger partial charge in [-0.15, -0.1) is 0 Å². The van der Waals surface area contributed by atoms with Crippen molar-refractivity contribution in [3.63, 3.8) is 0 Å². The number of hydrogen-bond acceptors (Lipinski definition) is 6. The van der Waals surface area contributed by atoms with Gasteiger partial charge in [0, 0.05) is 17.8 Å². The van der Waals surface area contributed by atoms with Crippen LogP contribution in [0.4, 0.5) is 11.4 Å². The van der Waals surface area contributed by atoms with Gasteiger partial charge >= 0.3 is 0 Å². The molecular weight excluding hydrogens is 464 g/mol. The largest absolute Gasteiger partial charge is 0.494 e. The molecule has 0 saturated carbocycles. The monoisotopic (exact) mass is 488 g/mol. The van der Waals surface area contributed by atoms with Crippen LogP contribution in [0.5, 0.6) is 5.75 Å². The highest BCUT2D eigenvalue weighted by atomic mass is 32.2. The smallest absolute Gasteiger partial charge is 0.261 e. The van der Waals surface area contributed by atoms with E-state index in [0.29, 0.717) is 23.7 Å². The highest BCUT2D eigenvalue weighted by Crippen LogP contribution is 2.21. The van der Waals surface area contributed by atoms with Crippen molar-refractivity contribution in [3.8, 4) is 5.75 Å². The number of sulfone groups is 1. The molecule has 0 bridgehead atoms. The lowest BCUT2D eigenvalue weighted by Crippen LogP contribution is -2.17. The van der Waals surface area contributed by atoms with E-state index in [4.69, 9.17) is 4.74 Å². The molecule has 0 heterocycles. The van der Waals surface area contributed by atoms with Gasteiger partial charge in [0.2, 0.25) is 5.91 Å². The zero-order valence-electron chi connectivity index (χ0n) is 17.9. The van der Waals surface area contributed by atoms with E-state index in [1.165, 1.54) is 36.4 Å². The van der Waals surface area contributed by atoms with Crippen molar-refractivity contribution in [3.05, 3.63) is 78.9 Å². The van der Waals surface area contributed by atoms with Crippen LogP contribution in [0.3, 0.4) is 0 Å². The Morgan fingerprint density at radius 1 is 0.788 bits per heavy atom. The Balaban J connectivity index is 1.58. The van der Waals surface area contributed by atoms with Gasteiger partial charge in [0.1, 0.15) is 5.75 Å². The summed E-state index contributed by atoms with van der Waals surface area (Å²) in [7, 11) is -7.39. The van der Waals surface area contributed by atoms with E-state index in [2.05, 4.69) is 10.0 Å². The molecule has 0 atom stereocenters. The molecule has 0 fully saturated rings. The highest BCUT2D eigenvalue weighted by Gasteiger charge is 2.17. The summed E-state index contributed by atoms with van der Waals surface area (Å²) in [6.45, 7) is 2.37. The van der Waals surface area contributed by atoms with Crippen LogP contribution in [0.25, 0.3) is 0 Å². The Morgan fingerprint density at radius 3 is 2.00 bits per heavy atom. The molecule has 0 aliphatic rings. The number of ether oxygens (including phenoxy) is 1. The maximum absolute atomic E-state index is 12.6. The van der Waals surface area contributed by atoms with Gasteiger partial charge in [0.25, 0.3) is 10.0 Å². The van der Waals surface area contributed by atoms with Crippen molar-refractivity contribution in [1.82, 2.24) is 0 Å². The number of benzene rings is 3. The minimum absolute atomic E-state index is 0.0149. The number of carbonyl (C=O) groups is 1. The van der Waals surface area contributed by atoms with Crippen LogP contribution < -0.4 is 14.8 Å². The molecule has 1 amide bonds. The minimum Gasteiger partial charge on any atom is -0.494 e. The van der Waals surface area contributed by atoms with Crippen molar-refractivity contribution in [2.24, 2.45) is 0 Å². The lowest BCUT2D eigenvalue weighted by molar-refractivity contribution is -0.115. The molecule has 0 spiro atoms. The molecule has 33 heavy (non-hydrogen) atoms. The molecule has 0 aliphatic carbocycles. The number of amides is 1. The van der Waals surface area contributed by atoms with Crippen molar-refractivity contribution in [2.45, 2.75) is 23.1 Å². The second kappa shape index (κ2) is 10.5. The first-order valence-electron chi connectivity index (χ1n) is 10.1. The maximum Gasteiger partial charge on any atom is 0.261 e. The van der Waals surface area contributed by atoms with Gasteiger partial charge in [-0.2, -0.15) is 0 Å². The molecule has 10 heteroatoms. The number of nitrogens with one attached hydrogen (secondary N) is 2. The first-order chi connectivity index (χ1) is 15.7. The summed E-state index contributed by atoms with van der Waals surface area (Å²) in [4.78, 5) is 12.3. The molecule has 0 aliphatic heterocycles. The van der Waals surface area contributed by atoms with E-state index in [-0.39, 0.29) is 22.0 Å². The van der Waals surface area contributed by atoms with E-state index in [0.717, 1.165) is 0 Å². The Hall–Kier alpha value is -3.37. The summed E-state index contributed by atoms with van der Waals surface area (Å²) in [6.07, 6.45) is -0.226. The molecule has 3 aromatic carbocycles. The number of carbonyl (C=O) groups excluding carboxylic acids is 1. The van der Waals surface area contributed by atoms with Gasteiger partial charge < -0.3 is 10.1 Å². The predicted octanol–water partition coefficient (Wildman–Crippen LogP) is 3.69. The number of anilines is 2. The van der Waals surface area contributed by atoms with Crippen molar-refractivity contribution < 1.29 is 26.4 Å². The van der Waals surface area contributed by atoms with Crippen LogP contribution in [0.2, 0.25) is 0 Å². The van der Waals surface area contributed by atoms with Crippen LogP contribution in [0.15, 0.2) is 88.7 Å². The Bertz CT molecular complexity index is 1290. The second-order valence-corrected chi connectivity index (χ2v) is 10.8. The summed E-state index contributed by atoms with van der Waals surface area (Å²) in [5.41, 5.74) is 0.743. The van der Waals surface area contributed by atoms with Gasteiger partial charge in [-0.25, -0.2) is 16.8 Å². The third-order valence-corrected chi connectivity index (χ3v) is 7.70. The molecule has 0 aromatic heterocycles. The Morgan fingerprint density at radius 2 is 1.39 bits per heavy atom. The zero-order chi connectivity index (χ0) is 23.9. The van der Waals surface area contributed by atoms with E-state index in [9.17, 15) is 21.6 Å². The van der Waals surface area contributed by atoms with Crippen LogP contribution in [0.1, 0.15) is 13.3 Å². The first-order valence-corrected chi connectivity index (χ1v) is 13.3. The SMILES string of the molecule is CCOc1ccc(NS(=O)(=O)c2ccc(NC(=O)CCS(=O)(=O)c3ccccc3)cc2)cc1. The average Bonchev–Trinajstić information content (AvgIpc) is 2.80. The van der Waals surface area contributed by atoms with Crippen molar-refractivity contribution in [1.29, 1.82) is 0 Å². The Labute approximate surface area is 193 Å². The molecule has 2 N–H and O–H groups in total. The summed E-state index contributed by atoms with van der Waals surface area (Å²) >= 11 is 0. The molecule has 8 nitrogen and oxygen atoms in total. The average molecular weight is 489 g/mol. The molecule has 174 valence electrons. The third-order valence-electron chi connectivity index (χ3n) is 4.57. The standard InChI is InChI=1S/C23H24N2O6S2/c1-2-31-20-12-8-19(9-13-20)25-33(29,30)22-14-10-18(11-15-22)24-23(26)16-17-32(27,28)21-6-4-3-5-7-21/h3-15,25H,2,16-17H2,1H3,(H,24,26). The summed E-state index contributed by atoms with van der Waals surface area (Å²) in [6, 6.07) is 20.0. The van der Waals surface area contributed by atoms with E-state index < -0.39 is 25.8 Å². The Kier molecular flexibility index (Phi) is 7.72. The van der Waals surface area contributed by atoms with Gasteiger partial charge in [-0.05, 0) is 67.6 Å². The number of sulfonamides is 1. The maximum atomic E-state index is 12.6. The van der Waals surface area contributed by atoms with Gasteiger partial charge in [-0.3, -0.25) is 9.52 Å². The zero-order valence-corrected chi connectivity index (χ0v) is 19.5. The van der Waals surface area contributed by atoms with Gasteiger partial charge in [-0.1, -0.05) is 18.2 Å². The van der Waals surface area contributed by atoms with Crippen LogP contribution in [-0.2, 0) is 24.7 Å². The van der Waals surface area contributed by atoms with Gasteiger partial charge in [0.15, 0.2) is 9.84 Å². The fourth-order valence-electron chi connectivity index (χ4n) is 2.91. The quantitative estimate of drug-likeness (QED) is 0.449. The molecule has 3 aromatic rings. The highest BCUT2D eigenvalue weighted by molar-refractivity contribution is 7.92. The van der Waals surface area contributed by atoms with Crippen LogP contribution >= 0.6 is 0 Å². The van der Waals surface area contributed by atoms with Crippen LogP contribution in [0, 0.1) is 0 Å². The molecule has 0 radical (unpaired) electrons. The summed E-state index contributed by atoms with van der Waals surface area (Å²) < 4.78 is 57.6. The fraction of sp³-hybridized carbons (Fsp3) is 0.174. The molecule has 0 saturated heterocycles. The number of rotatable bonds is 10. The normalized spacial score (nSPS) is 11.5. The van der Waals surface area contributed by atoms with E-state index in [1.807, 2.05) is 6.92 Å². The summed E-state index contributed by atoms with van der Waals surface area (Å²) in [5.74, 6) is -0.184. The third kappa shape index (κ3) is 6.80.